The molecule has 4 nitrogen and oxygen atoms in total. The molecule has 0 spiro atoms. The number of amides is 1. The van der Waals surface area contributed by atoms with E-state index in [1.54, 1.807) is 0 Å². The first-order valence-corrected chi connectivity index (χ1v) is 8.42. The van der Waals surface area contributed by atoms with Crippen LogP contribution in [0.25, 0.3) is 0 Å². The van der Waals surface area contributed by atoms with E-state index in [9.17, 15) is 4.79 Å². The van der Waals surface area contributed by atoms with Crippen LogP contribution in [0.3, 0.4) is 0 Å². The van der Waals surface area contributed by atoms with E-state index in [1.807, 2.05) is 7.05 Å². The van der Waals surface area contributed by atoms with Crippen molar-refractivity contribution in [2.75, 3.05) is 25.0 Å². The number of anilines is 1. The molecule has 2 saturated heterocycles. The second-order valence-electron chi connectivity index (χ2n) is 5.97. The molecule has 2 aliphatic heterocycles. The highest BCUT2D eigenvalue weighted by molar-refractivity contribution is 9.10. The second kappa shape index (κ2) is 5.97. The van der Waals surface area contributed by atoms with Gasteiger partial charge in [0.25, 0.3) is 0 Å². The van der Waals surface area contributed by atoms with Gasteiger partial charge in [-0.15, -0.1) is 0 Å². The number of nitrogens with zero attached hydrogens (tertiary/aromatic N) is 1. The zero-order valence-electron chi connectivity index (χ0n) is 12.5. The van der Waals surface area contributed by atoms with Crippen molar-refractivity contribution < 1.29 is 4.79 Å². The number of hydrogen-bond donors (Lipinski definition) is 2. The minimum absolute atomic E-state index is 0.161. The van der Waals surface area contributed by atoms with Gasteiger partial charge in [0.05, 0.1) is 12.0 Å². The average Bonchev–Trinajstić information content (AvgIpc) is 2.88. The van der Waals surface area contributed by atoms with Crippen molar-refractivity contribution in [3.8, 4) is 0 Å². The summed E-state index contributed by atoms with van der Waals surface area (Å²) in [6.45, 7) is 3.95. The molecular weight excluding hydrogens is 330 g/mol. The van der Waals surface area contributed by atoms with Crippen LogP contribution in [0.15, 0.2) is 22.7 Å². The number of halogens is 1. The van der Waals surface area contributed by atoms with Gasteiger partial charge in [-0.3, -0.25) is 4.79 Å². The number of hydrogen-bond acceptors (Lipinski definition) is 3. The molecule has 2 heterocycles. The lowest BCUT2D eigenvalue weighted by atomic mass is 9.91. The fourth-order valence-corrected chi connectivity index (χ4v) is 4.18. The van der Waals surface area contributed by atoms with Gasteiger partial charge in [0.1, 0.15) is 0 Å². The zero-order valence-corrected chi connectivity index (χ0v) is 14.1. The standard InChI is InChI=1S/C16H22BrN3O/c1-10(18-2)12-6-5-11(8-14(12)17)20-7-3-4-13-15(20)9-19-16(13)21/h5-6,8,10,13,15,18H,3-4,7,9H2,1-2H3,(H,19,21). The Morgan fingerprint density at radius 1 is 1.48 bits per heavy atom. The molecule has 0 aliphatic carbocycles. The molecule has 2 aliphatic rings. The normalized spacial score (nSPS) is 26.4. The number of rotatable bonds is 3. The summed E-state index contributed by atoms with van der Waals surface area (Å²) in [5, 5.41) is 6.28. The predicted octanol–water partition coefficient (Wildman–Crippen LogP) is 2.44. The van der Waals surface area contributed by atoms with Gasteiger partial charge in [0.2, 0.25) is 5.91 Å². The van der Waals surface area contributed by atoms with Crippen molar-refractivity contribution in [1.29, 1.82) is 0 Å². The van der Waals surface area contributed by atoms with Crippen LogP contribution in [-0.4, -0.2) is 32.1 Å². The third-order valence-electron chi connectivity index (χ3n) is 4.82. The molecule has 2 fully saturated rings. The third kappa shape index (κ3) is 2.69. The van der Waals surface area contributed by atoms with Crippen molar-refractivity contribution in [1.82, 2.24) is 10.6 Å². The summed E-state index contributed by atoms with van der Waals surface area (Å²) in [6.07, 6.45) is 2.10. The van der Waals surface area contributed by atoms with Crippen molar-refractivity contribution in [2.24, 2.45) is 5.92 Å². The van der Waals surface area contributed by atoms with E-state index in [-0.39, 0.29) is 11.8 Å². The largest absolute Gasteiger partial charge is 0.366 e. The summed E-state index contributed by atoms with van der Waals surface area (Å²) in [7, 11) is 1.97. The summed E-state index contributed by atoms with van der Waals surface area (Å²) in [5.41, 5.74) is 2.47. The maximum atomic E-state index is 11.9. The van der Waals surface area contributed by atoms with E-state index >= 15 is 0 Å². The highest BCUT2D eigenvalue weighted by Gasteiger charge is 2.40. The van der Waals surface area contributed by atoms with E-state index in [4.69, 9.17) is 0 Å². The summed E-state index contributed by atoms with van der Waals surface area (Å²) in [6, 6.07) is 7.17. The lowest BCUT2D eigenvalue weighted by molar-refractivity contribution is -0.122. The second-order valence-corrected chi connectivity index (χ2v) is 6.83. The van der Waals surface area contributed by atoms with Crippen LogP contribution < -0.4 is 15.5 Å². The maximum absolute atomic E-state index is 11.9. The van der Waals surface area contributed by atoms with Crippen molar-refractivity contribution >= 4 is 27.5 Å². The van der Waals surface area contributed by atoms with Gasteiger partial charge in [-0.25, -0.2) is 0 Å². The number of fused-ring (bicyclic) bond motifs is 1. The molecule has 0 aromatic heterocycles. The fraction of sp³-hybridized carbons (Fsp3) is 0.562. The molecule has 3 rings (SSSR count). The Morgan fingerprint density at radius 2 is 2.29 bits per heavy atom. The summed E-state index contributed by atoms with van der Waals surface area (Å²) in [5.74, 6) is 0.387. The number of carbonyl (C=O) groups is 1. The highest BCUT2D eigenvalue weighted by Crippen LogP contribution is 2.34. The zero-order chi connectivity index (χ0) is 15.0. The Kier molecular flexibility index (Phi) is 4.22. The van der Waals surface area contributed by atoms with Gasteiger partial charge >= 0.3 is 0 Å². The van der Waals surface area contributed by atoms with Crippen LogP contribution in [-0.2, 0) is 4.79 Å². The molecule has 0 bridgehead atoms. The van der Waals surface area contributed by atoms with E-state index in [1.165, 1.54) is 11.3 Å². The van der Waals surface area contributed by atoms with Crippen LogP contribution in [0, 0.1) is 5.92 Å². The topological polar surface area (TPSA) is 44.4 Å². The molecule has 2 N–H and O–H groups in total. The van der Waals surface area contributed by atoms with Crippen LogP contribution in [0.4, 0.5) is 5.69 Å². The Hall–Kier alpha value is -1.07. The molecule has 1 aromatic rings. The summed E-state index contributed by atoms with van der Waals surface area (Å²) in [4.78, 5) is 14.3. The highest BCUT2D eigenvalue weighted by atomic mass is 79.9. The van der Waals surface area contributed by atoms with Gasteiger partial charge in [-0.2, -0.15) is 0 Å². The van der Waals surface area contributed by atoms with Crippen LogP contribution >= 0.6 is 15.9 Å². The van der Waals surface area contributed by atoms with E-state index in [0.717, 1.165) is 30.4 Å². The molecule has 5 heteroatoms. The number of carbonyl (C=O) groups excluding carboxylic acids is 1. The van der Waals surface area contributed by atoms with E-state index < -0.39 is 0 Å². The lowest BCUT2D eigenvalue weighted by Crippen LogP contribution is -2.45. The molecule has 0 saturated carbocycles. The van der Waals surface area contributed by atoms with Crippen molar-refractivity contribution in [2.45, 2.75) is 31.8 Å². The quantitative estimate of drug-likeness (QED) is 0.878. The Labute approximate surface area is 134 Å². The Bertz CT molecular complexity index is 548. The third-order valence-corrected chi connectivity index (χ3v) is 5.50. The van der Waals surface area contributed by atoms with E-state index in [0.29, 0.717) is 12.1 Å². The Morgan fingerprint density at radius 3 is 3.00 bits per heavy atom. The fourth-order valence-electron chi connectivity index (χ4n) is 3.47. The average molecular weight is 352 g/mol. The number of piperidine rings is 1. The first-order chi connectivity index (χ1) is 10.1. The molecule has 3 unspecified atom stereocenters. The molecule has 3 atom stereocenters. The van der Waals surface area contributed by atoms with Gasteiger partial charge in [0.15, 0.2) is 0 Å². The molecule has 1 amide bonds. The molecule has 1 aromatic carbocycles. The molecule has 21 heavy (non-hydrogen) atoms. The monoisotopic (exact) mass is 351 g/mol. The predicted molar refractivity (Wildman–Crippen MR) is 88.5 cm³/mol. The van der Waals surface area contributed by atoms with Gasteiger partial charge < -0.3 is 15.5 Å². The van der Waals surface area contributed by atoms with Crippen LogP contribution in [0.2, 0.25) is 0 Å². The first kappa shape index (κ1) is 14.9. The van der Waals surface area contributed by atoms with Gasteiger partial charge in [-0.05, 0) is 44.5 Å². The number of nitrogens with one attached hydrogen (secondary N) is 2. The van der Waals surface area contributed by atoms with Crippen molar-refractivity contribution in [3.63, 3.8) is 0 Å². The lowest BCUT2D eigenvalue weighted by Gasteiger charge is -2.38. The van der Waals surface area contributed by atoms with E-state index in [2.05, 4.69) is 56.6 Å². The number of benzene rings is 1. The van der Waals surface area contributed by atoms with Crippen LogP contribution in [0.1, 0.15) is 31.4 Å². The SMILES string of the molecule is CNC(C)c1ccc(N2CCCC3C(=O)NCC32)cc1Br. The molecular formula is C16H22BrN3O. The van der Waals surface area contributed by atoms with Gasteiger partial charge in [-0.1, -0.05) is 22.0 Å². The smallest absolute Gasteiger partial charge is 0.225 e. The maximum Gasteiger partial charge on any atom is 0.225 e. The van der Waals surface area contributed by atoms with Crippen LogP contribution in [0.5, 0.6) is 0 Å². The Balaban J connectivity index is 1.86. The van der Waals surface area contributed by atoms with Crippen molar-refractivity contribution in [3.05, 3.63) is 28.2 Å². The summed E-state index contributed by atoms with van der Waals surface area (Å²) >= 11 is 3.69. The summed E-state index contributed by atoms with van der Waals surface area (Å²) < 4.78 is 1.13. The van der Waals surface area contributed by atoms with Gasteiger partial charge in [0, 0.05) is 29.3 Å². The molecule has 114 valence electrons. The minimum Gasteiger partial charge on any atom is -0.366 e. The molecule has 0 radical (unpaired) electrons. The minimum atomic E-state index is 0.161. The first-order valence-electron chi connectivity index (χ1n) is 7.63.